The number of nitrogens with two attached hydrogens (primary N) is 1. The monoisotopic (exact) mass is 772 g/mol. The molecule has 53 heavy (non-hydrogen) atoms. The van der Waals surface area contributed by atoms with E-state index in [-0.39, 0.29) is 39.0 Å². The number of allylic oxidation sites excluding steroid dienone is 7. The van der Waals surface area contributed by atoms with Crippen molar-refractivity contribution < 1.29 is 48.1 Å². The predicted octanol–water partition coefficient (Wildman–Crippen LogP) is 8.67. The topological polar surface area (TPSA) is 178 Å². The quantitative estimate of drug-likeness (QED) is 0.0134. The second-order valence-electron chi connectivity index (χ2n) is 13.4. The van der Waals surface area contributed by atoms with E-state index in [1.807, 2.05) is 6.08 Å². The molecule has 0 aliphatic heterocycles. The number of esters is 1. The fourth-order valence-electron chi connectivity index (χ4n) is 5.23. The van der Waals surface area contributed by atoms with Crippen molar-refractivity contribution in [1.82, 2.24) is 0 Å². The minimum absolute atomic E-state index is 0.0351. The third-order valence-corrected chi connectivity index (χ3v) is 9.35. The van der Waals surface area contributed by atoms with Crippen LogP contribution in [-0.4, -0.2) is 77.0 Å². The summed E-state index contributed by atoms with van der Waals surface area (Å²) in [6.07, 6.45) is 34.1. The van der Waals surface area contributed by atoms with E-state index < -0.39 is 44.8 Å². The van der Waals surface area contributed by atoms with Crippen LogP contribution in [0.2, 0.25) is 0 Å². The molecule has 0 aliphatic carbocycles. The Labute approximate surface area is 321 Å². The van der Waals surface area contributed by atoms with Crippen molar-refractivity contribution in [2.45, 2.75) is 167 Å². The van der Waals surface area contributed by atoms with Crippen LogP contribution < -0.4 is 5.73 Å². The van der Waals surface area contributed by atoms with Gasteiger partial charge in [-0.15, -0.1) is 0 Å². The van der Waals surface area contributed by atoms with Gasteiger partial charge in [0, 0.05) is 13.0 Å². The third kappa shape index (κ3) is 35.4. The molecule has 1 unspecified atom stereocenters. The molecule has 0 saturated carbocycles. The van der Waals surface area contributed by atoms with Gasteiger partial charge in [-0.1, -0.05) is 152 Å². The summed E-state index contributed by atoms with van der Waals surface area (Å²) in [7, 11) is -4.39. The van der Waals surface area contributed by atoms with Crippen molar-refractivity contribution in [3.8, 4) is 0 Å². The molecule has 0 saturated heterocycles. The second kappa shape index (κ2) is 36.9. The Morgan fingerprint density at radius 1 is 0.698 bits per heavy atom. The van der Waals surface area contributed by atoms with Crippen molar-refractivity contribution in [3.05, 3.63) is 60.9 Å². The number of hydrogen-bond acceptors (Lipinski definition) is 10. The minimum atomic E-state index is -4.39. The third-order valence-electron chi connectivity index (χ3n) is 8.37. The zero-order valence-electron chi connectivity index (χ0n) is 32.8. The first kappa shape index (κ1) is 50.9. The summed E-state index contributed by atoms with van der Waals surface area (Å²) in [4.78, 5) is 22.4. The average molecular weight is 772 g/mol. The van der Waals surface area contributed by atoms with Crippen LogP contribution in [0.5, 0.6) is 0 Å². The first-order chi connectivity index (χ1) is 25.6. The maximum atomic E-state index is 12.6. The number of aliphatic hydroxyl groups is 3. The highest BCUT2D eigenvalue weighted by Crippen LogP contribution is 2.43. The summed E-state index contributed by atoms with van der Waals surface area (Å²) in [5.41, 5.74) is 5.33. The molecule has 6 N–H and O–H groups in total. The molecule has 0 bridgehead atoms. The average Bonchev–Trinajstić information content (AvgIpc) is 3.13. The minimum Gasteiger partial charge on any atom is -0.498 e. The van der Waals surface area contributed by atoms with Crippen LogP contribution in [0.4, 0.5) is 0 Å². The van der Waals surface area contributed by atoms with Crippen LogP contribution in [0.3, 0.4) is 0 Å². The van der Waals surface area contributed by atoms with E-state index in [0.29, 0.717) is 0 Å². The number of phosphoric ester groups is 1. The number of carbonyl (C=O) groups is 1. The molecule has 11 nitrogen and oxygen atoms in total. The number of rotatable bonds is 37. The van der Waals surface area contributed by atoms with E-state index in [9.17, 15) is 29.6 Å². The van der Waals surface area contributed by atoms with E-state index in [2.05, 4.69) is 13.8 Å². The Hall–Kier alpha value is -2.08. The zero-order valence-corrected chi connectivity index (χ0v) is 33.7. The molecule has 0 fully saturated rings. The summed E-state index contributed by atoms with van der Waals surface area (Å²) in [6, 6.07) is 0. The van der Waals surface area contributed by atoms with Crippen LogP contribution in [0.15, 0.2) is 60.9 Å². The van der Waals surface area contributed by atoms with Crippen molar-refractivity contribution in [2.24, 2.45) is 5.73 Å². The second-order valence-corrected chi connectivity index (χ2v) is 14.9. The molecule has 308 valence electrons. The maximum absolute atomic E-state index is 12.6. The number of ether oxygens (including phenoxy) is 2. The Balaban J connectivity index is 4.51. The molecule has 12 heteroatoms. The molecule has 0 aromatic carbocycles. The summed E-state index contributed by atoms with van der Waals surface area (Å²) in [6.45, 7) is 3.71. The largest absolute Gasteiger partial charge is 0.498 e. The summed E-state index contributed by atoms with van der Waals surface area (Å²) < 4.78 is 32.8. The van der Waals surface area contributed by atoms with Gasteiger partial charge in [-0.3, -0.25) is 13.8 Å². The van der Waals surface area contributed by atoms with Gasteiger partial charge in [0.25, 0.3) is 0 Å². The molecule has 5 atom stereocenters. The first-order valence-corrected chi connectivity index (χ1v) is 21.6. The number of phosphoric acid groups is 1. The lowest BCUT2D eigenvalue weighted by atomic mass is 10.0. The zero-order chi connectivity index (χ0) is 39.3. The Kier molecular flexibility index (Phi) is 35.4. The van der Waals surface area contributed by atoms with E-state index in [0.717, 1.165) is 44.9 Å². The fraction of sp³-hybridized carbons (Fsp3) is 0.732. The first-order valence-electron chi connectivity index (χ1n) is 20.2. The normalized spacial score (nSPS) is 15.9. The molecule has 0 aromatic rings. The van der Waals surface area contributed by atoms with Crippen molar-refractivity contribution in [2.75, 3.05) is 26.4 Å². The van der Waals surface area contributed by atoms with Gasteiger partial charge in [-0.25, -0.2) is 4.57 Å². The molecule has 0 radical (unpaired) electrons. The molecule has 0 aromatic heterocycles. The highest BCUT2D eigenvalue weighted by atomic mass is 31.2. The van der Waals surface area contributed by atoms with Crippen molar-refractivity contribution >= 4 is 13.8 Å². The molecule has 0 spiro atoms. The van der Waals surface area contributed by atoms with Crippen LogP contribution in [0, 0.1) is 0 Å². The van der Waals surface area contributed by atoms with Gasteiger partial charge in [0.15, 0.2) is 6.10 Å². The van der Waals surface area contributed by atoms with Crippen molar-refractivity contribution in [1.29, 1.82) is 0 Å². The Morgan fingerprint density at radius 3 is 1.89 bits per heavy atom. The predicted molar refractivity (Wildman–Crippen MR) is 214 cm³/mol. The van der Waals surface area contributed by atoms with Gasteiger partial charge in [0.05, 0.1) is 37.8 Å². The number of aliphatic hydroxyl groups excluding tert-OH is 3. The fourth-order valence-corrected chi connectivity index (χ4v) is 5.99. The van der Waals surface area contributed by atoms with E-state index in [1.165, 1.54) is 70.3 Å². The van der Waals surface area contributed by atoms with Crippen LogP contribution >= 0.6 is 7.82 Å². The highest BCUT2D eigenvalue weighted by Gasteiger charge is 2.25. The smallest absolute Gasteiger partial charge is 0.472 e. The molecule has 0 heterocycles. The van der Waals surface area contributed by atoms with Crippen molar-refractivity contribution in [3.63, 3.8) is 0 Å². The maximum Gasteiger partial charge on any atom is 0.472 e. The van der Waals surface area contributed by atoms with Crippen LogP contribution in [0.1, 0.15) is 142 Å². The lowest BCUT2D eigenvalue weighted by molar-refractivity contribution is -0.153. The van der Waals surface area contributed by atoms with Gasteiger partial charge in [-0.2, -0.15) is 0 Å². The van der Waals surface area contributed by atoms with E-state index >= 15 is 0 Å². The summed E-state index contributed by atoms with van der Waals surface area (Å²) in [5.74, 6) is -0.604. The highest BCUT2D eigenvalue weighted by molar-refractivity contribution is 7.47. The van der Waals surface area contributed by atoms with Gasteiger partial charge in [0.2, 0.25) is 0 Å². The molecule has 0 aliphatic rings. The standard InChI is InChI=1S/C41H74NO10P/c1-3-5-7-8-9-10-11-12-13-14-15-18-21-25-33-49-35-38(36-51-53(47,48)50-34-32-42)52-41(46)31-26-30-40(45)39(44)29-24-20-17-16-19-23-28-37(43)27-22-6-4-2/h16-17,19-20,23-25,28-29,33,37-40,43-45H,3-15,18,21-22,26-27,30-32,34-36,42H2,1-2H3,(H,47,48)/b19-16-,20-17+,28-23+,29-24+,33-25+/t37-,38+,39-,40-/m0/s1. The summed E-state index contributed by atoms with van der Waals surface area (Å²) in [5, 5.41) is 30.4. The van der Waals surface area contributed by atoms with E-state index in [4.69, 9.17) is 24.3 Å². The number of hydrogen-bond donors (Lipinski definition) is 5. The lowest BCUT2D eigenvalue weighted by Gasteiger charge is -2.19. The lowest BCUT2D eigenvalue weighted by Crippen LogP contribution is -2.28. The molecule has 0 amide bonds. The van der Waals surface area contributed by atoms with Crippen LogP contribution in [0.25, 0.3) is 0 Å². The van der Waals surface area contributed by atoms with Gasteiger partial charge in [0.1, 0.15) is 6.61 Å². The molecular formula is C41H74NO10P. The molecular weight excluding hydrogens is 697 g/mol. The SMILES string of the molecule is CCCCCCCCCCCCCC/C=C/OC[C@H](COP(=O)(O)OCCN)OC(=O)CCC[C@H](O)[C@@H](O)/C=C/C=C/C=C\C=C\[C@@H](O)CCCCC. The van der Waals surface area contributed by atoms with Crippen LogP contribution in [-0.2, 0) is 27.9 Å². The summed E-state index contributed by atoms with van der Waals surface area (Å²) >= 11 is 0. The molecule has 0 rings (SSSR count). The number of carbonyl (C=O) groups excluding carboxylic acids is 1. The van der Waals surface area contributed by atoms with E-state index in [1.54, 1.807) is 48.8 Å². The van der Waals surface area contributed by atoms with Gasteiger partial charge < -0.3 is 35.4 Å². The van der Waals surface area contributed by atoms with Gasteiger partial charge >= 0.3 is 13.8 Å². The Bertz CT molecular complexity index is 1050. The Morgan fingerprint density at radius 2 is 1.26 bits per heavy atom. The van der Waals surface area contributed by atoms with Gasteiger partial charge in [-0.05, 0) is 38.2 Å². The number of unbranched alkanes of at least 4 members (excludes halogenated alkanes) is 14.